The van der Waals surface area contributed by atoms with E-state index in [-0.39, 0.29) is 13.1 Å². The van der Waals surface area contributed by atoms with Crippen molar-refractivity contribution in [3.05, 3.63) is 29.8 Å². The minimum absolute atomic E-state index is 0.265. The lowest BCUT2D eigenvalue weighted by Crippen LogP contribution is -2.53. The number of piperazine rings is 1. The largest absolute Gasteiger partial charge is 0.450 e. The Morgan fingerprint density at radius 2 is 1.69 bits per heavy atom. The number of amides is 1. The van der Waals surface area contributed by atoms with Crippen molar-refractivity contribution >= 4 is 22.0 Å². The first-order valence-electron chi connectivity index (χ1n) is 9.96. The van der Waals surface area contributed by atoms with Gasteiger partial charge >= 0.3 is 6.09 Å². The summed E-state index contributed by atoms with van der Waals surface area (Å²) < 4.78 is 38.9. The Hall–Kier alpha value is -1.88. The first kappa shape index (κ1) is 21.8. The maximum atomic E-state index is 12.9. The highest BCUT2D eigenvalue weighted by Gasteiger charge is 2.32. The standard InChI is InChI=1S/C19H30N4O5S/c1-3-28-19(24)22-8-10-23(11-9-22)29(25,26)20(2)16-17-4-6-18(7-5-17)21-12-14-27-15-13-21/h4-7H,3,8-16H2,1-2H3. The number of morpholine rings is 1. The normalized spacial score (nSPS) is 18.9. The Morgan fingerprint density at radius 1 is 1.07 bits per heavy atom. The van der Waals surface area contributed by atoms with Crippen molar-refractivity contribution in [2.45, 2.75) is 13.5 Å². The molecule has 2 aliphatic rings. The van der Waals surface area contributed by atoms with Gasteiger partial charge in [-0.3, -0.25) is 0 Å². The lowest BCUT2D eigenvalue weighted by Gasteiger charge is -2.35. The van der Waals surface area contributed by atoms with Crippen molar-refractivity contribution in [2.24, 2.45) is 0 Å². The van der Waals surface area contributed by atoms with Gasteiger partial charge in [0.2, 0.25) is 0 Å². The third-order valence-electron chi connectivity index (χ3n) is 5.20. The summed E-state index contributed by atoms with van der Waals surface area (Å²) in [6.45, 7) is 6.74. The maximum absolute atomic E-state index is 12.9. The van der Waals surface area contributed by atoms with E-state index < -0.39 is 16.3 Å². The van der Waals surface area contributed by atoms with Crippen LogP contribution >= 0.6 is 0 Å². The van der Waals surface area contributed by atoms with Gasteiger partial charge in [-0.15, -0.1) is 0 Å². The molecular formula is C19H30N4O5S. The molecule has 162 valence electrons. The predicted molar refractivity (Wildman–Crippen MR) is 110 cm³/mol. The molecule has 0 saturated carbocycles. The molecule has 0 aliphatic carbocycles. The molecule has 3 rings (SSSR count). The third kappa shape index (κ3) is 5.39. The van der Waals surface area contributed by atoms with Gasteiger partial charge in [-0.2, -0.15) is 17.0 Å². The number of carbonyl (C=O) groups excluding carboxylic acids is 1. The van der Waals surface area contributed by atoms with E-state index in [0.29, 0.717) is 26.2 Å². The third-order valence-corrected chi connectivity index (χ3v) is 7.14. The average molecular weight is 427 g/mol. The van der Waals surface area contributed by atoms with Crippen molar-refractivity contribution < 1.29 is 22.7 Å². The number of benzene rings is 1. The van der Waals surface area contributed by atoms with E-state index >= 15 is 0 Å². The summed E-state index contributed by atoms with van der Waals surface area (Å²) in [5.41, 5.74) is 2.05. The van der Waals surface area contributed by atoms with E-state index in [4.69, 9.17) is 9.47 Å². The van der Waals surface area contributed by atoms with Gasteiger partial charge in [-0.05, 0) is 24.6 Å². The van der Waals surface area contributed by atoms with Gasteiger partial charge in [-0.25, -0.2) is 4.79 Å². The van der Waals surface area contributed by atoms with Crippen LogP contribution in [0.3, 0.4) is 0 Å². The van der Waals surface area contributed by atoms with Crippen LogP contribution in [0.4, 0.5) is 10.5 Å². The van der Waals surface area contributed by atoms with E-state index in [2.05, 4.69) is 4.90 Å². The number of carbonyl (C=O) groups is 1. The van der Waals surface area contributed by atoms with Gasteiger partial charge < -0.3 is 19.3 Å². The monoisotopic (exact) mass is 426 g/mol. The quantitative estimate of drug-likeness (QED) is 0.674. The second-order valence-electron chi connectivity index (χ2n) is 7.11. The molecule has 2 saturated heterocycles. The molecule has 1 aromatic carbocycles. The zero-order chi connectivity index (χ0) is 20.9. The number of hydrogen-bond donors (Lipinski definition) is 0. The lowest BCUT2D eigenvalue weighted by molar-refractivity contribution is 0.0925. The van der Waals surface area contributed by atoms with E-state index in [1.54, 1.807) is 18.9 Å². The molecule has 1 amide bonds. The second kappa shape index (κ2) is 9.75. The topological polar surface area (TPSA) is 82.6 Å². The van der Waals surface area contributed by atoms with Crippen LogP contribution in [0, 0.1) is 0 Å². The van der Waals surface area contributed by atoms with E-state index in [1.807, 2.05) is 24.3 Å². The Bertz CT molecular complexity index is 772. The highest BCUT2D eigenvalue weighted by Crippen LogP contribution is 2.19. The minimum Gasteiger partial charge on any atom is -0.450 e. The van der Waals surface area contributed by atoms with Crippen molar-refractivity contribution in [2.75, 3.05) is 71.0 Å². The molecule has 10 heteroatoms. The number of ether oxygens (including phenoxy) is 2. The molecule has 0 spiro atoms. The smallest absolute Gasteiger partial charge is 0.409 e. The summed E-state index contributed by atoms with van der Waals surface area (Å²) in [5, 5.41) is 0. The van der Waals surface area contributed by atoms with Crippen molar-refractivity contribution in [3.63, 3.8) is 0 Å². The fourth-order valence-corrected chi connectivity index (χ4v) is 4.82. The van der Waals surface area contributed by atoms with Gasteiger partial charge in [0.25, 0.3) is 10.2 Å². The summed E-state index contributed by atoms with van der Waals surface area (Å²) in [6, 6.07) is 7.99. The molecule has 9 nitrogen and oxygen atoms in total. The molecular weight excluding hydrogens is 396 g/mol. The summed E-state index contributed by atoms with van der Waals surface area (Å²) in [5.74, 6) is 0. The summed E-state index contributed by atoms with van der Waals surface area (Å²) in [4.78, 5) is 15.6. The fraction of sp³-hybridized carbons (Fsp3) is 0.632. The van der Waals surface area contributed by atoms with Crippen molar-refractivity contribution in [1.29, 1.82) is 0 Å². The van der Waals surface area contributed by atoms with Crippen LogP contribution in [-0.2, 0) is 26.2 Å². The molecule has 0 radical (unpaired) electrons. The highest BCUT2D eigenvalue weighted by molar-refractivity contribution is 7.86. The maximum Gasteiger partial charge on any atom is 0.409 e. The van der Waals surface area contributed by atoms with Gasteiger partial charge in [0, 0.05) is 58.5 Å². The van der Waals surface area contributed by atoms with E-state index in [9.17, 15) is 13.2 Å². The molecule has 2 fully saturated rings. The number of nitrogens with zero attached hydrogens (tertiary/aromatic N) is 4. The van der Waals surface area contributed by atoms with Crippen molar-refractivity contribution in [1.82, 2.24) is 13.5 Å². The van der Waals surface area contributed by atoms with E-state index in [0.717, 1.165) is 37.6 Å². The lowest BCUT2D eigenvalue weighted by atomic mass is 10.2. The van der Waals surface area contributed by atoms with E-state index in [1.165, 1.54) is 8.61 Å². The molecule has 0 unspecified atom stereocenters. The molecule has 29 heavy (non-hydrogen) atoms. The van der Waals surface area contributed by atoms with Crippen LogP contribution in [0.1, 0.15) is 12.5 Å². The molecule has 0 N–H and O–H groups in total. The Morgan fingerprint density at radius 3 is 2.28 bits per heavy atom. The number of rotatable bonds is 6. The summed E-state index contributed by atoms with van der Waals surface area (Å²) in [6.07, 6.45) is -0.390. The van der Waals surface area contributed by atoms with Crippen LogP contribution < -0.4 is 4.90 Å². The Balaban J connectivity index is 1.55. The molecule has 1 aromatic rings. The van der Waals surface area contributed by atoms with Gasteiger partial charge in [0.15, 0.2) is 0 Å². The fourth-order valence-electron chi connectivity index (χ4n) is 3.49. The Kier molecular flexibility index (Phi) is 7.33. The molecule has 2 aliphatic heterocycles. The molecule has 2 heterocycles. The van der Waals surface area contributed by atoms with Crippen LogP contribution in [0.25, 0.3) is 0 Å². The first-order chi connectivity index (χ1) is 13.9. The SMILES string of the molecule is CCOC(=O)N1CCN(S(=O)(=O)N(C)Cc2ccc(N3CCOCC3)cc2)CC1. The highest BCUT2D eigenvalue weighted by atomic mass is 32.2. The Labute approximate surface area is 172 Å². The van der Waals surface area contributed by atoms with Gasteiger partial charge in [0.1, 0.15) is 0 Å². The van der Waals surface area contributed by atoms with Crippen LogP contribution in [0.15, 0.2) is 24.3 Å². The average Bonchev–Trinajstić information content (AvgIpc) is 2.75. The van der Waals surface area contributed by atoms with Gasteiger partial charge in [0.05, 0.1) is 19.8 Å². The second-order valence-corrected chi connectivity index (χ2v) is 9.15. The predicted octanol–water partition coefficient (Wildman–Crippen LogP) is 0.974. The van der Waals surface area contributed by atoms with Crippen LogP contribution in [0.2, 0.25) is 0 Å². The van der Waals surface area contributed by atoms with Crippen LogP contribution in [0.5, 0.6) is 0 Å². The van der Waals surface area contributed by atoms with Gasteiger partial charge in [-0.1, -0.05) is 12.1 Å². The summed E-state index contributed by atoms with van der Waals surface area (Å²) in [7, 11) is -2.01. The number of anilines is 1. The summed E-state index contributed by atoms with van der Waals surface area (Å²) >= 11 is 0. The minimum atomic E-state index is -3.59. The molecule has 0 atom stereocenters. The zero-order valence-electron chi connectivity index (χ0n) is 17.1. The van der Waals surface area contributed by atoms with Crippen molar-refractivity contribution in [3.8, 4) is 0 Å². The first-order valence-corrected chi connectivity index (χ1v) is 11.4. The van der Waals surface area contributed by atoms with Crippen LogP contribution in [-0.4, -0.2) is 94.2 Å². The number of hydrogen-bond acceptors (Lipinski definition) is 6. The molecule has 0 aromatic heterocycles. The zero-order valence-corrected chi connectivity index (χ0v) is 17.9. The molecule has 0 bridgehead atoms.